The van der Waals surface area contributed by atoms with Crippen LogP contribution >= 0.6 is 75.1 Å². The van der Waals surface area contributed by atoms with Gasteiger partial charge < -0.3 is 4.74 Å². The summed E-state index contributed by atoms with van der Waals surface area (Å²) in [6.45, 7) is 2.65. The van der Waals surface area contributed by atoms with Crippen molar-refractivity contribution in [2.75, 3.05) is 6.61 Å². The van der Waals surface area contributed by atoms with Crippen molar-refractivity contribution in [3.05, 3.63) is 47.4 Å². The quantitative estimate of drug-likeness (QED) is 0.388. The van der Waals surface area contributed by atoms with Crippen molar-refractivity contribution in [2.24, 2.45) is 0 Å². The molecule has 2 aromatic rings. The molecule has 6 heteroatoms. The lowest BCUT2D eigenvalue weighted by atomic mass is 10.1. The molecule has 0 spiro atoms. The van der Waals surface area contributed by atoms with Gasteiger partial charge >= 0.3 is 0 Å². The summed E-state index contributed by atoms with van der Waals surface area (Å²) in [5.41, 5.74) is 2.40. The van der Waals surface area contributed by atoms with Gasteiger partial charge in [-0.1, -0.05) is 22.0 Å². The SMILES string of the molecule is CCOc1ccc(C(Br)c2cc(Br)sc2Br)cc1Br. The van der Waals surface area contributed by atoms with Gasteiger partial charge in [0.1, 0.15) is 5.75 Å². The summed E-state index contributed by atoms with van der Waals surface area (Å²) in [5, 5.41) is 0. The standard InChI is InChI=1S/C13H10Br4OS/c1-2-18-10-4-3-7(5-9(10)14)12(16)8-6-11(15)19-13(8)17/h3-6,12H,2H2,1H3. The Morgan fingerprint density at radius 2 is 1.95 bits per heavy atom. The van der Waals surface area contributed by atoms with E-state index >= 15 is 0 Å². The van der Waals surface area contributed by atoms with Gasteiger partial charge in [0.05, 0.1) is 23.5 Å². The minimum atomic E-state index is 0.149. The van der Waals surface area contributed by atoms with Gasteiger partial charge in [-0.15, -0.1) is 11.3 Å². The lowest BCUT2D eigenvalue weighted by Crippen LogP contribution is -1.95. The third kappa shape index (κ3) is 3.84. The number of hydrogen-bond donors (Lipinski definition) is 0. The van der Waals surface area contributed by atoms with Crippen LogP contribution in [0.2, 0.25) is 0 Å². The third-order valence-corrected chi connectivity index (χ3v) is 6.53. The molecule has 0 aliphatic heterocycles. The predicted octanol–water partition coefficient (Wildman–Crippen LogP) is 6.92. The van der Waals surface area contributed by atoms with E-state index in [0.29, 0.717) is 6.61 Å². The topological polar surface area (TPSA) is 9.23 Å². The minimum absolute atomic E-state index is 0.149. The first-order valence-corrected chi connectivity index (χ1v) is 9.65. The molecule has 0 amide bonds. The summed E-state index contributed by atoms with van der Waals surface area (Å²) in [6, 6.07) is 8.28. The summed E-state index contributed by atoms with van der Waals surface area (Å²) in [7, 11) is 0. The van der Waals surface area contributed by atoms with Crippen LogP contribution in [0, 0.1) is 0 Å². The van der Waals surface area contributed by atoms with Crippen molar-refractivity contribution in [1.82, 2.24) is 0 Å². The smallest absolute Gasteiger partial charge is 0.133 e. The van der Waals surface area contributed by atoms with E-state index in [1.807, 2.05) is 13.0 Å². The monoisotopic (exact) mass is 530 g/mol. The van der Waals surface area contributed by atoms with Crippen molar-refractivity contribution in [3.63, 3.8) is 0 Å². The zero-order valence-corrected chi connectivity index (χ0v) is 17.1. The van der Waals surface area contributed by atoms with E-state index in [-0.39, 0.29) is 4.83 Å². The first-order valence-electron chi connectivity index (χ1n) is 5.54. The molecule has 1 aromatic heterocycles. The first kappa shape index (κ1) is 16.0. The maximum atomic E-state index is 5.53. The largest absolute Gasteiger partial charge is 0.493 e. The third-order valence-electron chi connectivity index (χ3n) is 2.50. The van der Waals surface area contributed by atoms with Crippen LogP contribution < -0.4 is 4.74 Å². The number of benzene rings is 1. The highest BCUT2D eigenvalue weighted by Gasteiger charge is 2.17. The van der Waals surface area contributed by atoms with E-state index in [0.717, 1.165) is 17.8 Å². The molecule has 0 N–H and O–H groups in total. The number of thiophene rings is 1. The van der Waals surface area contributed by atoms with Crippen LogP contribution in [-0.4, -0.2) is 6.61 Å². The van der Waals surface area contributed by atoms with Crippen molar-refractivity contribution < 1.29 is 4.74 Å². The summed E-state index contributed by atoms with van der Waals surface area (Å²) in [5.74, 6) is 0.872. The van der Waals surface area contributed by atoms with Crippen LogP contribution in [0.4, 0.5) is 0 Å². The van der Waals surface area contributed by atoms with Crippen LogP contribution in [0.15, 0.2) is 36.3 Å². The summed E-state index contributed by atoms with van der Waals surface area (Å²) >= 11 is 16.1. The molecule has 0 radical (unpaired) electrons. The highest BCUT2D eigenvalue weighted by atomic mass is 79.9. The summed E-state index contributed by atoms with van der Waals surface area (Å²) in [6.07, 6.45) is 0. The number of alkyl halides is 1. The number of rotatable bonds is 4. The van der Waals surface area contributed by atoms with E-state index in [9.17, 15) is 0 Å². The Morgan fingerprint density at radius 3 is 2.47 bits per heavy atom. The molecule has 1 atom stereocenters. The van der Waals surface area contributed by atoms with Crippen molar-refractivity contribution in [1.29, 1.82) is 0 Å². The number of hydrogen-bond acceptors (Lipinski definition) is 2. The van der Waals surface area contributed by atoms with E-state index in [1.54, 1.807) is 11.3 Å². The van der Waals surface area contributed by atoms with E-state index in [2.05, 4.69) is 81.9 Å². The molecular weight excluding hydrogens is 524 g/mol. The molecule has 0 saturated carbocycles. The van der Waals surface area contributed by atoms with E-state index < -0.39 is 0 Å². The first-order chi connectivity index (χ1) is 9.02. The second kappa shape index (κ2) is 7.07. The van der Waals surface area contributed by atoms with Crippen LogP contribution in [0.25, 0.3) is 0 Å². The Kier molecular flexibility index (Phi) is 5.96. The van der Waals surface area contributed by atoms with Gasteiger partial charge in [0, 0.05) is 0 Å². The fraction of sp³-hybridized carbons (Fsp3) is 0.231. The van der Waals surface area contributed by atoms with Crippen LogP contribution in [0.1, 0.15) is 22.9 Å². The number of halogens is 4. The molecule has 102 valence electrons. The van der Waals surface area contributed by atoms with Gasteiger partial charge in [-0.25, -0.2) is 0 Å². The molecule has 1 unspecified atom stereocenters. The van der Waals surface area contributed by atoms with Crippen LogP contribution in [0.3, 0.4) is 0 Å². The highest BCUT2D eigenvalue weighted by Crippen LogP contribution is 2.43. The van der Waals surface area contributed by atoms with Gasteiger partial charge in [0.2, 0.25) is 0 Å². The zero-order chi connectivity index (χ0) is 14.0. The van der Waals surface area contributed by atoms with E-state index in [1.165, 1.54) is 11.1 Å². The lowest BCUT2D eigenvalue weighted by molar-refractivity contribution is 0.338. The Bertz CT molecular complexity index is 582. The second-order valence-corrected chi connectivity index (χ2v) is 9.28. The molecule has 0 bridgehead atoms. The fourth-order valence-corrected chi connectivity index (χ4v) is 6.17. The molecular formula is C13H10Br4OS. The molecule has 2 rings (SSSR count). The van der Waals surface area contributed by atoms with Crippen molar-refractivity contribution >= 4 is 75.1 Å². The van der Waals surface area contributed by atoms with Gasteiger partial charge in [0.15, 0.2) is 0 Å². The maximum absolute atomic E-state index is 5.53. The van der Waals surface area contributed by atoms with Crippen LogP contribution in [0.5, 0.6) is 5.75 Å². The van der Waals surface area contributed by atoms with Gasteiger partial charge in [-0.05, 0) is 84.0 Å². The van der Waals surface area contributed by atoms with Crippen molar-refractivity contribution in [2.45, 2.75) is 11.8 Å². The Hall–Kier alpha value is 0.640. The summed E-state index contributed by atoms with van der Waals surface area (Å²) in [4.78, 5) is 0.149. The number of ether oxygens (including phenoxy) is 1. The highest BCUT2D eigenvalue weighted by molar-refractivity contribution is 9.12. The van der Waals surface area contributed by atoms with Gasteiger partial charge in [0.25, 0.3) is 0 Å². The predicted molar refractivity (Wildman–Crippen MR) is 95.8 cm³/mol. The molecule has 0 fully saturated rings. The fourth-order valence-electron chi connectivity index (χ4n) is 1.65. The molecule has 0 aliphatic rings. The van der Waals surface area contributed by atoms with E-state index in [4.69, 9.17) is 4.74 Å². The average molecular weight is 534 g/mol. The molecule has 0 aliphatic carbocycles. The zero-order valence-electron chi connectivity index (χ0n) is 9.92. The Morgan fingerprint density at radius 1 is 1.21 bits per heavy atom. The Balaban J connectivity index is 2.31. The average Bonchev–Trinajstić information content (AvgIpc) is 2.70. The van der Waals surface area contributed by atoms with Gasteiger partial charge in [-0.2, -0.15) is 0 Å². The Labute approximate surface area is 150 Å². The normalized spacial score (nSPS) is 12.5. The van der Waals surface area contributed by atoms with Crippen molar-refractivity contribution in [3.8, 4) is 5.75 Å². The molecule has 1 nitrogen and oxygen atoms in total. The molecule has 1 heterocycles. The minimum Gasteiger partial charge on any atom is -0.493 e. The molecule has 0 saturated heterocycles. The van der Waals surface area contributed by atoms with Crippen LogP contribution in [-0.2, 0) is 0 Å². The van der Waals surface area contributed by atoms with Gasteiger partial charge in [-0.3, -0.25) is 0 Å². The summed E-state index contributed by atoms with van der Waals surface area (Å²) < 4.78 is 8.75. The molecule has 19 heavy (non-hydrogen) atoms. The lowest BCUT2D eigenvalue weighted by Gasteiger charge is -2.12. The maximum Gasteiger partial charge on any atom is 0.133 e. The second-order valence-electron chi connectivity index (χ2n) is 3.76. The molecule has 1 aromatic carbocycles.